The number of carbonyl (C=O) groups is 1. The summed E-state index contributed by atoms with van der Waals surface area (Å²) in [5.41, 5.74) is 1.44. The van der Waals surface area contributed by atoms with Gasteiger partial charge in [0.05, 0.1) is 12.5 Å². The summed E-state index contributed by atoms with van der Waals surface area (Å²) in [6, 6.07) is 9.11. The fourth-order valence-corrected chi connectivity index (χ4v) is 1.17. The largest absolute Gasteiger partial charge is 0.387 e. The molecule has 0 fully saturated rings. The van der Waals surface area contributed by atoms with E-state index in [0.717, 1.165) is 5.69 Å². The van der Waals surface area contributed by atoms with Crippen LogP contribution in [-0.4, -0.2) is 24.2 Å². The lowest BCUT2D eigenvalue weighted by molar-refractivity contribution is -0.118. The smallest absolute Gasteiger partial charge is 0.250 e. The van der Waals surface area contributed by atoms with Gasteiger partial charge in [-0.05, 0) is 18.2 Å². The Morgan fingerprint density at radius 3 is 2.88 bits per heavy atom. The maximum absolute atomic E-state index is 10.9. The van der Waals surface area contributed by atoms with Crippen LogP contribution in [0.15, 0.2) is 24.3 Å². The van der Waals surface area contributed by atoms with E-state index in [1.165, 1.54) is 0 Å². The Kier molecular flexibility index (Phi) is 4.83. The highest BCUT2D eigenvalue weighted by Crippen LogP contribution is 2.14. The molecule has 1 rings (SSSR count). The van der Waals surface area contributed by atoms with E-state index < -0.39 is 12.5 Å². The van der Waals surface area contributed by atoms with Gasteiger partial charge < -0.3 is 15.7 Å². The Hall–Kier alpha value is -2.06. The number of hydrogen-bond acceptors (Lipinski definition) is 4. The van der Waals surface area contributed by atoms with E-state index in [0.29, 0.717) is 18.7 Å². The molecule has 3 N–H and O–H groups in total. The number of carbonyl (C=O) groups excluding carboxylic acids is 1. The van der Waals surface area contributed by atoms with Gasteiger partial charge in [-0.3, -0.25) is 4.79 Å². The molecule has 0 radical (unpaired) electrons. The molecule has 0 aromatic heterocycles. The zero-order valence-electron chi connectivity index (χ0n) is 8.73. The molecular formula is C11H13N3O2. The highest BCUT2D eigenvalue weighted by molar-refractivity contribution is 5.91. The van der Waals surface area contributed by atoms with E-state index in [1.54, 1.807) is 18.2 Å². The highest BCUT2D eigenvalue weighted by atomic mass is 16.3. The molecule has 0 saturated heterocycles. The number of hydrogen-bond donors (Lipinski definition) is 3. The number of nitrogens with zero attached hydrogens (tertiary/aromatic N) is 1. The molecule has 0 bridgehead atoms. The summed E-state index contributed by atoms with van der Waals surface area (Å²) in [6.07, 6.45) is 0.424. The number of rotatable bonds is 5. The summed E-state index contributed by atoms with van der Waals surface area (Å²) in [5, 5.41) is 22.5. The average Bonchev–Trinajstić information content (AvgIpc) is 2.30. The Labute approximate surface area is 93.7 Å². The number of nitrogens with one attached hydrogen (secondary N) is 2. The SMILES string of the molecule is N#CCCNc1cccc(NC(=O)CO)c1. The second-order valence-corrected chi connectivity index (χ2v) is 3.12. The summed E-state index contributed by atoms with van der Waals surface area (Å²) >= 11 is 0. The topological polar surface area (TPSA) is 85.2 Å². The van der Waals surface area contributed by atoms with Gasteiger partial charge in [0.1, 0.15) is 6.61 Å². The number of aliphatic hydroxyl groups excluding tert-OH is 1. The maximum atomic E-state index is 10.9. The molecule has 0 saturated carbocycles. The minimum absolute atomic E-state index is 0.424. The van der Waals surface area contributed by atoms with Gasteiger partial charge in [0.15, 0.2) is 0 Å². The molecule has 0 spiro atoms. The minimum atomic E-state index is -0.536. The molecule has 0 aliphatic carbocycles. The van der Waals surface area contributed by atoms with Gasteiger partial charge in [0, 0.05) is 17.9 Å². The quantitative estimate of drug-likeness (QED) is 0.643. The maximum Gasteiger partial charge on any atom is 0.250 e. The molecule has 84 valence electrons. The third-order valence-electron chi connectivity index (χ3n) is 1.86. The second kappa shape index (κ2) is 6.43. The molecule has 0 atom stereocenters. The predicted octanol–water partition coefficient (Wildman–Crippen LogP) is 0.943. The summed E-state index contributed by atoms with van der Waals surface area (Å²) < 4.78 is 0. The van der Waals surface area contributed by atoms with Crippen molar-refractivity contribution >= 4 is 17.3 Å². The Morgan fingerprint density at radius 2 is 2.19 bits per heavy atom. The Morgan fingerprint density at radius 1 is 1.44 bits per heavy atom. The lowest BCUT2D eigenvalue weighted by atomic mass is 10.2. The molecule has 1 amide bonds. The van der Waals surface area contributed by atoms with Crippen molar-refractivity contribution in [2.24, 2.45) is 0 Å². The third-order valence-corrected chi connectivity index (χ3v) is 1.86. The first-order valence-electron chi connectivity index (χ1n) is 4.88. The molecule has 0 aliphatic heterocycles. The lowest BCUT2D eigenvalue weighted by Gasteiger charge is -2.07. The molecular weight excluding hydrogens is 206 g/mol. The number of benzene rings is 1. The molecule has 5 nitrogen and oxygen atoms in total. The number of nitriles is 1. The van der Waals surface area contributed by atoms with Crippen molar-refractivity contribution in [3.05, 3.63) is 24.3 Å². The summed E-state index contributed by atoms with van der Waals surface area (Å²) in [4.78, 5) is 10.9. The van der Waals surface area contributed by atoms with Gasteiger partial charge in [-0.25, -0.2) is 0 Å². The van der Waals surface area contributed by atoms with E-state index in [4.69, 9.17) is 10.4 Å². The second-order valence-electron chi connectivity index (χ2n) is 3.12. The van der Waals surface area contributed by atoms with Crippen molar-refractivity contribution in [3.8, 4) is 6.07 Å². The Bertz CT molecular complexity index is 398. The van der Waals surface area contributed by atoms with Crippen molar-refractivity contribution < 1.29 is 9.90 Å². The van der Waals surface area contributed by atoms with Gasteiger partial charge in [0.2, 0.25) is 5.91 Å². The lowest BCUT2D eigenvalue weighted by Crippen LogP contribution is -2.15. The van der Waals surface area contributed by atoms with Crippen molar-refractivity contribution in [1.29, 1.82) is 5.26 Å². The van der Waals surface area contributed by atoms with Crippen LogP contribution in [0.4, 0.5) is 11.4 Å². The van der Waals surface area contributed by atoms with E-state index in [-0.39, 0.29) is 0 Å². The van der Waals surface area contributed by atoms with Crippen LogP contribution in [0.3, 0.4) is 0 Å². The molecule has 1 aromatic carbocycles. The van der Waals surface area contributed by atoms with Crippen molar-refractivity contribution in [3.63, 3.8) is 0 Å². The monoisotopic (exact) mass is 219 g/mol. The van der Waals surface area contributed by atoms with Crippen molar-refractivity contribution in [2.45, 2.75) is 6.42 Å². The highest BCUT2D eigenvalue weighted by Gasteiger charge is 2.00. The van der Waals surface area contributed by atoms with Crippen molar-refractivity contribution in [2.75, 3.05) is 23.8 Å². The van der Waals surface area contributed by atoms with E-state index in [9.17, 15) is 4.79 Å². The van der Waals surface area contributed by atoms with Gasteiger partial charge in [-0.15, -0.1) is 0 Å². The summed E-state index contributed by atoms with van der Waals surface area (Å²) in [6.45, 7) is 0.0278. The van der Waals surface area contributed by atoms with Crippen LogP contribution in [0.5, 0.6) is 0 Å². The van der Waals surface area contributed by atoms with Crippen LogP contribution < -0.4 is 10.6 Å². The molecule has 1 aromatic rings. The first-order chi connectivity index (χ1) is 7.76. The van der Waals surface area contributed by atoms with Gasteiger partial charge in [0.25, 0.3) is 0 Å². The van der Waals surface area contributed by atoms with Crippen LogP contribution in [0.25, 0.3) is 0 Å². The van der Waals surface area contributed by atoms with E-state index in [1.807, 2.05) is 12.1 Å². The Balaban J connectivity index is 2.57. The van der Waals surface area contributed by atoms with Gasteiger partial charge >= 0.3 is 0 Å². The number of aliphatic hydroxyl groups is 1. The zero-order valence-corrected chi connectivity index (χ0v) is 8.73. The molecule has 16 heavy (non-hydrogen) atoms. The zero-order chi connectivity index (χ0) is 11.8. The molecule has 0 heterocycles. The van der Waals surface area contributed by atoms with E-state index >= 15 is 0 Å². The molecule has 0 unspecified atom stereocenters. The van der Waals surface area contributed by atoms with Crippen LogP contribution >= 0.6 is 0 Å². The number of anilines is 2. The predicted molar refractivity (Wildman–Crippen MR) is 60.9 cm³/mol. The van der Waals surface area contributed by atoms with Crippen molar-refractivity contribution in [1.82, 2.24) is 0 Å². The number of amides is 1. The average molecular weight is 219 g/mol. The van der Waals surface area contributed by atoms with E-state index in [2.05, 4.69) is 10.6 Å². The first-order valence-corrected chi connectivity index (χ1v) is 4.88. The summed E-state index contributed by atoms with van der Waals surface area (Å²) in [5.74, 6) is -0.450. The normalized spacial score (nSPS) is 9.25. The van der Waals surface area contributed by atoms with Crippen LogP contribution in [-0.2, 0) is 4.79 Å². The minimum Gasteiger partial charge on any atom is -0.387 e. The van der Waals surface area contributed by atoms with Gasteiger partial charge in [-0.1, -0.05) is 6.07 Å². The van der Waals surface area contributed by atoms with Crippen LogP contribution in [0.1, 0.15) is 6.42 Å². The summed E-state index contributed by atoms with van der Waals surface area (Å²) in [7, 11) is 0. The van der Waals surface area contributed by atoms with Crippen LogP contribution in [0.2, 0.25) is 0 Å². The third kappa shape index (κ3) is 3.98. The first kappa shape index (κ1) is 12.0. The van der Waals surface area contributed by atoms with Crippen LogP contribution in [0, 0.1) is 11.3 Å². The van der Waals surface area contributed by atoms with Gasteiger partial charge in [-0.2, -0.15) is 5.26 Å². The molecule has 0 aliphatic rings. The molecule has 5 heteroatoms. The fraction of sp³-hybridized carbons (Fsp3) is 0.273. The fourth-order valence-electron chi connectivity index (χ4n) is 1.17. The standard InChI is InChI=1S/C11H13N3O2/c12-5-2-6-13-9-3-1-4-10(7-9)14-11(16)8-15/h1,3-4,7,13,15H,2,6,8H2,(H,14,16).